The predicted molar refractivity (Wildman–Crippen MR) is 61.4 cm³/mol. The number of unbranched alkanes of at least 4 members (excludes halogenated alkanes) is 2. The molecule has 0 bridgehead atoms. The molecule has 0 fully saturated rings. The average Bonchev–Trinajstić information content (AvgIpc) is 2.10. The van der Waals surface area contributed by atoms with Gasteiger partial charge in [-0.2, -0.15) is 0 Å². The summed E-state index contributed by atoms with van der Waals surface area (Å²) in [5.74, 6) is 0. The van der Waals surface area contributed by atoms with Crippen LogP contribution < -0.4 is 0 Å². The van der Waals surface area contributed by atoms with Crippen LogP contribution in [0.1, 0.15) is 52.4 Å². The molecule has 74 valence electrons. The zero-order chi connectivity index (χ0) is 9.40. The van der Waals surface area contributed by atoms with Crippen LogP contribution in [0.25, 0.3) is 0 Å². The zero-order valence-corrected chi connectivity index (χ0v) is 10.5. The monoisotopic (exact) mass is 254 g/mol. The molecule has 0 amide bonds. The summed E-state index contributed by atoms with van der Waals surface area (Å²) >= 11 is 9.84. The summed E-state index contributed by atoms with van der Waals surface area (Å²) in [4.78, 5) is 0.519. The van der Waals surface area contributed by atoms with Gasteiger partial charge in [0, 0.05) is 10.2 Å². The van der Waals surface area contributed by atoms with E-state index in [2.05, 4.69) is 29.8 Å². The van der Waals surface area contributed by atoms with Crippen LogP contribution in [0.4, 0.5) is 0 Å². The van der Waals surface area contributed by atoms with E-state index in [9.17, 15) is 0 Å². The van der Waals surface area contributed by atoms with E-state index < -0.39 is 0 Å². The molecule has 0 aliphatic carbocycles. The molecule has 2 heteroatoms. The van der Waals surface area contributed by atoms with Gasteiger partial charge in [0.25, 0.3) is 0 Å². The van der Waals surface area contributed by atoms with Crippen molar-refractivity contribution in [2.45, 2.75) is 62.6 Å². The van der Waals surface area contributed by atoms with Gasteiger partial charge >= 0.3 is 0 Å². The molecular weight excluding hydrogens is 235 g/mol. The van der Waals surface area contributed by atoms with Crippen LogP contribution in [0.5, 0.6) is 0 Å². The van der Waals surface area contributed by atoms with Gasteiger partial charge in [-0.15, -0.1) is 11.6 Å². The molecule has 0 aromatic heterocycles. The molecule has 0 aromatic carbocycles. The van der Waals surface area contributed by atoms with E-state index in [4.69, 9.17) is 11.6 Å². The summed E-state index contributed by atoms with van der Waals surface area (Å²) in [6.07, 6.45) is 7.41. The molecule has 0 N–H and O–H groups in total. The minimum absolute atomic E-state index is 0.330. The summed E-state index contributed by atoms with van der Waals surface area (Å²) in [5.41, 5.74) is 0. The smallest absolute Gasteiger partial charge is 0.0461 e. The Morgan fingerprint density at radius 2 is 1.58 bits per heavy atom. The third kappa shape index (κ3) is 6.30. The Morgan fingerprint density at radius 3 is 2.08 bits per heavy atom. The molecular formula is C10H20BrCl. The van der Waals surface area contributed by atoms with Crippen molar-refractivity contribution in [1.29, 1.82) is 0 Å². The van der Waals surface area contributed by atoms with Crippen molar-refractivity contribution in [3.05, 3.63) is 0 Å². The lowest BCUT2D eigenvalue weighted by molar-refractivity contribution is 0.609. The van der Waals surface area contributed by atoms with Crippen molar-refractivity contribution in [3.63, 3.8) is 0 Å². The van der Waals surface area contributed by atoms with E-state index in [0.29, 0.717) is 10.2 Å². The maximum Gasteiger partial charge on any atom is 0.0461 e. The Bertz CT molecular complexity index is 83.8. The second-order valence-corrected chi connectivity index (χ2v) is 5.05. The molecule has 0 spiro atoms. The lowest BCUT2D eigenvalue weighted by Gasteiger charge is -2.15. The van der Waals surface area contributed by atoms with Gasteiger partial charge in [0.1, 0.15) is 0 Å². The second-order valence-electron chi connectivity index (χ2n) is 3.32. The average molecular weight is 256 g/mol. The van der Waals surface area contributed by atoms with Crippen LogP contribution in [-0.4, -0.2) is 10.2 Å². The fraction of sp³-hybridized carbons (Fsp3) is 1.00. The Labute approximate surface area is 90.2 Å². The third-order valence-corrected chi connectivity index (χ3v) is 3.98. The van der Waals surface area contributed by atoms with Crippen LogP contribution >= 0.6 is 27.5 Å². The fourth-order valence-electron chi connectivity index (χ4n) is 1.16. The number of halogens is 2. The summed E-state index contributed by atoms with van der Waals surface area (Å²) in [6.45, 7) is 4.42. The first-order valence-electron chi connectivity index (χ1n) is 5.00. The van der Waals surface area contributed by atoms with Gasteiger partial charge in [0.05, 0.1) is 0 Å². The highest BCUT2D eigenvalue weighted by atomic mass is 79.9. The van der Waals surface area contributed by atoms with Gasteiger partial charge in [0.15, 0.2) is 0 Å². The highest BCUT2D eigenvalue weighted by Crippen LogP contribution is 2.22. The molecule has 0 aliphatic heterocycles. The third-order valence-electron chi connectivity index (χ3n) is 2.06. The number of alkyl halides is 2. The van der Waals surface area contributed by atoms with Crippen LogP contribution in [-0.2, 0) is 0 Å². The Hall–Kier alpha value is 0.770. The predicted octanol–water partition coefficient (Wildman–Crippen LogP) is 4.74. The normalized spacial score (nSPS) is 16.0. The molecule has 2 atom stereocenters. The minimum Gasteiger partial charge on any atom is -0.122 e. The SMILES string of the molecule is CCCC[C@@H](Br)[C@@H](Cl)CCCC. The molecule has 0 saturated heterocycles. The summed E-state index contributed by atoms with van der Waals surface area (Å²) in [7, 11) is 0. The molecule has 0 nitrogen and oxygen atoms in total. The van der Waals surface area contributed by atoms with Gasteiger partial charge in [-0.3, -0.25) is 0 Å². The standard InChI is InChI=1S/C10H20BrCl/c1-3-5-7-9(11)10(12)8-6-4-2/h9-10H,3-8H2,1-2H3/t9-,10+/m1/s1. The summed E-state index contributed by atoms with van der Waals surface area (Å²) in [5, 5.41) is 0.330. The summed E-state index contributed by atoms with van der Waals surface area (Å²) < 4.78 is 0. The highest BCUT2D eigenvalue weighted by Gasteiger charge is 2.14. The zero-order valence-electron chi connectivity index (χ0n) is 8.15. The largest absolute Gasteiger partial charge is 0.122 e. The second kappa shape index (κ2) is 8.37. The van der Waals surface area contributed by atoms with Gasteiger partial charge in [-0.25, -0.2) is 0 Å². The van der Waals surface area contributed by atoms with E-state index in [1.165, 1.54) is 32.1 Å². The first-order chi connectivity index (χ1) is 5.72. The van der Waals surface area contributed by atoms with Gasteiger partial charge in [-0.05, 0) is 12.8 Å². The summed E-state index contributed by atoms with van der Waals surface area (Å²) in [6, 6.07) is 0. The van der Waals surface area contributed by atoms with Crippen molar-refractivity contribution in [2.75, 3.05) is 0 Å². The van der Waals surface area contributed by atoms with E-state index >= 15 is 0 Å². The van der Waals surface area contributed by atoms with Gasteiger partial charge in [0.2, 0.25) is 0 Å². The molecule has 0 rings (SSSR count). The highest BCUT2D eigenvalue weighted by molar-refractivity contribution is 9.09. The Morgan fingerprint density at radius 1 is 1.08 bits per heavy atom. The first kappa shape index (κ1) is 12.8. The molecule has 12 heavy (non-hydrogen) atoms. The van der Waals surface area contributed by atoms with Crippen LogP contribution in [0.3, 0.4) is 0 Å². The van der Waals surface area contributed by atoms with Crippen LogP contribution in [0.2, 0.25) is 0 Å². The maximum absolute atomic E-state index is 6.20. The van der Waals surface area contributed by atoms with Crippen LogP contribution in [0, 0.1) is 0 Å². The van der Waals surface area contributed by atoms with Crippen molar-refractivity contribution < 1.29 is 0 Å². The molecule has 0 aromatic rings. The van der Waals surface area contributed by atoms with E-state index in [-0.39, 0.29) is 0 Å². The molecule has 0 radical (unpaired) electrons. The first-order valence-corrected chi connectivity index (χ1v) is 6.35. The minimum atomic E-state index is 0.330. The number of hydrogen-bond donors (Lipinski definition) is 0. The fourth-order valence-corrected chi connectivity index (χ4v) is 2.03. The lowest BCUT2D eigenvalue weighted by Crippen LogP contribution is -2.14. The Kier molecular flexibility index (Phi) is 8.91. The Balaban J connectivity index is 3.39. The maximum atomic E-state index is 6.20. The molecule has 0 heterocycles. The number of rotatable bonds is 7. The van der Waals surface area contributed by atoms with Crippen molar-refractivity contribution in [3.8, 4) is 0 Å². The quantitative estimate of drug-likeness (QED) is 0.577. The van der Waals surface area contributed by atoms with E-state index in [1.54, 1.807) is 0 Å². The molecule has 0 aliphatic rings. The van der Waals surface area contributed by atoms with Gasteiger partial charge < -0.3 is 0 Å². The van der Waals surface area contributed by atoms with Crippen molar-refractivity contribution in [2.24, 2.45) is 0 Å². The van der Waals surface area contributed by atoms with E-state index in [1.807, 2.05) is 0 Å². The topological polar surface area (TPSA) is 0 Å². The number of hydrogen-bond acceptors (Lipinski definition) is 0. The van der Waals surface area contributed by atoms with Crippen molar-refractivity contribution >= 4 is 27.5 Å². The molecule has 0 unspecified atom stereocenters. The van der Waals surface area contributed by atoms with Gasteiger partial charge in [-0.1, -0.05) is 55.5 Å². The van der Waals surface area contributed by atoms with E-state index in [0.717, 1.165) is 6.42 Å². The molecule has 0 saturated carbocycles. The lowest BCUT2D eigenvalue weighted by atomic mass is 10.1. The van der Waals surface area contributed by atoms with Crippen molar-refractivity contribution in [1.82, 2.24) is 0 Å². The van der Waals surface area contributed by atoms with Crippen LogP contribution in [0.15, 0.2) is 0 Å².